The first kappa shape index (κ1) is 78.4. The summed E-state index contributed by atoms with van der Waals surface area (Å²) in [5.74, 6) is 2.24. The van der Waals surface area contributed by atoms with Crippen molar-refractivity contribution < 1.29 is 0 Å². The number of nitrogens with zero attached hydrogens (tertiary/aromatic N) is 4. The molecule has 2 aliphatic heterocycles. The monoisotopic (exact) mass is 1500 g/mol. The van der Waals surface area contributed by atoms with Crippen LogP contribution in [0, 0.1) is 46.3 Å². The molecule has 0 saturated carbocycles. The van der Waals surface area contributed by atoms with E-state index in [9.17, 15) is 0 Å². The van der Waals surface area contributed by atoms with Crippen LogP contribution in [0.2, 0.25) is 0 Å². The molecule has 4 nitrogen and oxygen atoms in total. The highest BCUT2D eigenvalue weighted by Crippen LogP contribution is 2.57. The molecule has 0 aromatic heterocycles. The first-order chi connectivity index (χ1) is 53.8. The fourth-order valence-electron chi connectivity index (χ4n) is 21.0. The van der Waals surface area contributed by atoms with Gasteiger partial charge in [-0.25, -0.2) is 0 Å². The molecule has 5 heteroatoms. The van der Waals surface area contributed by atoms with E-state index in [-0.39, 0.29) is 51.3 Å². The second-order valence-electron chi connectivity index (χ2n) is 41.7. The Morgan fingerprint density at radius 3 is 1.01 bits per heavy atom. The Morgan fingerprint density at radius 2 is 0.699 bits per heavy atom. The lowest BCUT2D eigenvalue weighted by molar-refractivity contribution is 0.220. The van der Waals surface area contributed by atoms with Gasteiger partial charge in [0.2, 0.25) is 0 Å². The van der Waals surface area contributed by atoms with Gasteiger partial charge in [-0.05, 0) is 305 Å². The van der Waals surface area contributed by atoms with E-state index < -0.39 is 0 Å². The Bertz CT molecular complexity index is 4570. The maximum Gasteiger partial charge on any atom is 0.252 e. The first-order valence-corrected chi connectivity index (χ1v) is 44.1. The van der Waals surface area contributed by atoms with Crippen molar-refractivity contribution in [2.75, 3.05) is 19.6 Å². The molecule has 8 aromatic carbocycles. The molecule has 0 bridgehead atoms. The quantitative estimate of drug-likeness (QED) is 0.0842. The lowest BCUT2D eigenvalue weighted by atomic mass is 9.33. The predicted molar refractivity (Wildman–Crippen MR) is 490 cm³/mol. The minimum atomic E-state index is -0.117. The summed E-state index contributed by atoms with van der Waals surface area (Å²) >= 11 is 0. The molecule has 2 heterocycles. The lowest BCUT2D eigenvalue weighted by Crippen LogP contribution is -2.65. The fraction of sp³-hybridized carbons (Fsp3) is 0.444. The smallest absolute Gasteiger partial charge is 0.252 e. The van der Waals surface area contributed by atoms with Crippen LogP contribution in [0.15, 0.2) is 247 Å². The van der Waals surface area contributed by atoms with Gasteiger partial charge in [-0.1, -0.05) is 275 Å². The van der Waals surface area contributed by atoms with Crippen LogP contribution < -0.4 is 36.0 Å². The van der Waals surface area contributed by atoms with Crippen LogP contribution in [-0.4, -0.2) is 18.8 Å². The zero-order chi connectivity index (χ0) is 79.3. The summed E-state index contributed by atoms with van der Waals surface area (Å²) in [7, 11) is 0. The first-order valence-electron chi connectivity index (χ1n) is 44.1. The number of rotatable bonds is 13. The third-order valence-electron chi connectivity index (χ3n) is 27.8. The lowest BCUT2D eigenvalue weighted by Gasteiger charge is -2.55. The molecule has 0 radical (unpaired) electrons. The third kappa shape index (κ3) is 15.6. The Balaban J connectivity index is 1.05. The van der Waals surface area contributed by atoms with E-state index in [1.165, 1.54) is 132 Å². The second kappa shape index (κ2) is 30.6. The maximum atomic E-state index is 3.09. The van der Waals surface area contributed by atoms with Crippen LogP contribution in [-0.2, 0) is 21.7 Å². The van der Waals surface area contributed by atoms with Crippen molar-refractivity contribution >= 4 is 80.0 Å². The summed E-state index contributed by atoms with van der Waals surface area (Å²) in [6.45, 7) is 43.3. The minimum absolute atomic E-state index is 0.00413. The topological polar surface area (TPSA) is 13.0 Å². The van der Waals surface area contributed by atoms with Gasteiger partial charge in [0.05, 0.1) is 12.1 Å². The van der Waals surface area contributed by atoms with Crippen molar-refractivity contribution in [3.63, 3.8) is 0 Å². The summed E-state index contributed by atoms with van der Waals surface area (Å²) in [4.78, 5) is 11.4. The van der Waals surface area contributed by atoms with E-state index >= 15 is 0 Å². The number of anilines is 10. The van der Waals surface area contributed by atoms with Gasteiger partial charge in [0.1, 0.15) is 0 Å². The van der Waals surface area contributed by atoms with Crippen LogP contribution in [0.4, 0.5) is 56.9 Å². The SMILES string of the molecule is CC(C)(C)c1ccc(N(c2ccc(C(C)(C)C)cc2)c2ccc3c(c2)N(C2C(C4CC=CCC4)=CC(C(C)(C)C)CC2C2=CCCCC2)c2cc(-c4ccccc4)cc4c2B3c2ccc(N(c3ccc(C(C)(C)C)cc3)c3ccc(C(C)(C)C)cc3)cc2N4C2C(C3CC=CCC3)=CC(C(C)(C)C)CC2C2=CCCCC2)cc1. The summed E-state index contributed by atoms with van der Waals surface area (Å²) < 4.78 is 0. The van der Waals surface area contributed by atoms with Gasteiger partial charge >= 0.3 is 0 Å². The molecule has 0 N–H and O–H groups in total. The molecule has 8 aliphatic rings. The van der Waals surface area contributed by atoms with Gasteiger partial charge < -0.3 is 19.6 Å². The van der Waals surface area contributed by atoms with Gasteiger partial charge in [0.15, 0.2) is 0 Å². The van der Waals surface area contributed by atoms with Crippen molar-refractivity contribution in [3.05, 3.63) is 269 Å². The summed E-state index contributed by atoms with van der Waals surface area (Å²) in [6.07, 6.45) is 40.0. The molecule has 6 aliphatic carbocycles. The number of benzene rings is 8. The van der Waals surface area contributed by atoms with Crippen LogP contribution >= 0.6 is 0 Å². The van der Waals surface area contributed by atoms with Crippen LogP contribution in [0.25, 0.3) is 11.1 Å². The van der Waals surface area contributed by atoms with Gasteiger partial charge in [0, 0.05) is 68.7 Å². The van der Waals surface area contributed by atoms with Gasteiger partial charge in [0.25, 0.3) is 6.71 Å². The van der Waals surface area contributed by atoms with Crippen LogP contribution in [0.1, 0.15) is 250 Å². The van der Waals surface area contributed by atoms with E-state index in [2.05, 4.69) is 369 Å². The normalized spacial score (nSPS) is 22.8. The van der Waals surface area contributed by atoms with Gasteiger partial charge in [-0.2, -0.15) is 0 Å². The second-order valence-corrected chi connectivity index (χ2v) is 41.7. The van der Waals surface area contributed by atoms with Crippen LogP contribution in [0.3, 0.4) is 0 Å². The van der Waals surface area contributed by atoms with Gasteiger partial charge in [-0.3, -0.25) is 0 Å². The van der Waals surface area contributed by atoms with E-state index in [0.29, 0.717) is 35.5 Å². The highest BCUT2D eigenvalue weighted by atomic mass is 15.2. The Morgan fingerprint density at radius 1 is 0.345 bits per heavy atom. The molecule has 586 valence electrons. The van der Waals surface area contributed by atoms with Crippen LogP contribution in [0.5, 0.6) is 0 Å². The number of hydrogen-bond donors (Lipinski definition) is 0. The highest BCUT2D eigenvalue weighted by molar-refractivity contribution is 7.00. The predicted octanol–water partition coefficient (Wildman–Crippen LogP) is 28.6. The van der Waals surface area contributed by atoms with E-state index in [1.807, 2.05) is 0 Å². The Kier molecular flexibility index (Phi) is 21.2. The van der Waals surface area contributed by atoms with Crippen molar-refractivity contribution in [1.82, 2.24) is 0 Å². The van der Waals surface area contributed by atoms with E-state index in [1.54, 1.807) is 22.3 Å². The number of fused-ring (bicyclic) bond motifs is 4. The van der Waals surface area contributed by atoms with Crippen molar-refractivity contribution in [2.45, 2.75) is 261 Å². The third-order valence-corrected chi connectivity index (χ3v) is 27.8. The van der Waals surface area contributed by atoms with E-state index in [0.717, 1.165) is 77.0 Å². The number of hydrogen-bond acceptors (Lipinski definition) is 4. The fourth-order valence-corrected chi connectivity index (χ4v) is 21.0. The van der Waals surface area contributed by atoms with Crippen molar-refractivity contribution in [2.24, 2.45) is 46.3 Å². The number of allylic oxidation sites excluding steroid dienone is 8. The molecule has 0 amide bonds. The van der Waals surface area contributed by atoms with E-state index in [4.69, 9.17) is 0 Å². The standard InChI is InChI=1S/C108H131BN4/c1-103(2,3)78-44-52-84(53-45-78)110(85-54-46-79(47-55-85)104(4,5)6)88-60-62-94-96(70-88)112(101-90(73-36-26-20-27-37-73)66-82(107(13,14)15)67-91(101)74-38-28-21-29-39-74)98-64-77(72-34-24-19-25-35-72)65-99-100(98)109(94)95-63-61-89(111(86-56-48-80(49-57-86)105(7,8)9)87-58-50-81(51-59-87)106(10,11)12)71-97(95)113(99)102-92(75-40-30-22-31-41-75)68-83(108(16,17)18)69-93(102)76-42-32-23-33-43-76/h19-20,22,24-26,30,34-35,38,42,44-66,68,70-71,73,75,82-83,91,93,101-102H,21,23,27-29,31-33,36-37,39-41,43,67,69H2,1-18H3. The molecule has 0 fully saturated rings. The molecule has 0 saturated heterocycles. The largest absolute Gasteiger partial charge is 0.334 e. The zero-order valence-corrected chi connectivity index (χ0v) is 72.2. The average Bonchev–Trinajstić information content (AvgIpc) is 0.685. The zero-order valence-electron chi connectivity index (χ0n) is 72.2. The average molecular weight is 1500 g/mol. The summed E-state index contributed by atoms with van der Waals surface area (Å²) in [5.41, 5.74) is 31.5. The van der Waals surface area contributed by atoms with Crippen molar-refractivity contribution in [1.29, 1.82) is 0 Å². The van der Waals surface area contributed by atoms with Crippen molar-refractivity contribution in [3.8, 4) is 11.1 Å². The highest BCUT2D eigenvalue weighted by Gasteiger charge is 2.53. The summed E-state index contributed by atoms with van der Waals surface area (Å²) in [5, 5.41) is 0. The maximum absolute atomic E-state index is 3.09. The molecule has 0 spiro atoms. The molecule has 16 rings (SSSR count). The molecule has 8 unspecified atom stereocenters. The summed E-state index contributed by atoms with van der Waals surface area (Å²) in [6, 6.07) is 71.4. The Labute approximate surface area is 682 Å². The Hall–Kier alpha value is -8.54. The molecule has 8 atom stereocenters. The molecular weight excluding hydrogens is 1360 g/mol. The molecule has 8 aromatic rings. The molecular formula is C108H131BN4. The molecule has 113 heavy (non-hydrogen) atoms. The van der Waals surface area contributed by atoms with Gasteiger partial charge in [-0.15, -0.1) is 0 Å². The minimum Gasteiger partial charge on any atom is -0.334 e.